The van der Waals surface area contributed by atoms with Crippen molar-refractivity contribution in [2.24, 2.45) is 0 Å². The molecule has 2 aromatic carbocycles. The van der Waals surface area contributed by atoms with Crippen molar-refractivity contribution in [3.8, 4) is 11.1 Å². The number of H-pyrrole nitrogens is 1. The van der Waals surface area contributed by atoms with Crippen LogP contribution < -0.4 is 0 Å². The van der Waals surface area contributed by atoms with Gasteiger partial charge in [-0.25, -0.2) is 0 Å². The van der Waals surface area contributed by atoms with Crippen molar-refractivity contribution < 1.29 is 0 Å². The molecule has 0 bridgehead atoms. The zero-order valence-corrected chi connectivity index (χ0v) is 11.5. The maximum Gasteiger partial charge on any atom is 0.184 e. The standard InChI is InChI=1S/C16H16N4/c1-16(2,15-17-19-20-18-15)14-10-8-13(9-11-14)12-6-4-3-5-7-12/h3-11H,1-2H3,(H,17,18,19,20). The minimum Gasteiger partial charge on any atom is -0.177 e. The van der Waals surface area contributed by atoms with E-state index in [1.54, 1.807) is 0 Å². The topological polar surface area (TPSA) is 54.5 Å². The quantitative estimate of drug-likeness (QED) is 0.790. The number of tetrazole rings is 1. The highest BCUT2D eigenvalue weighted by Gasteiger charge is 2.27. The largest absolute Gasteiger partial charge is 0.184 e. The van der Waals surface area contributed by atoms with E-state index in [1.807, 2.05) is 18.2 Å². The van der Waals surface area contributed by atoms with Crippen LogP contribution in [-0.2, 0) is 5.41 Å². The summed E-state index contributed by atoms with van der Waals surface area (Å²) in [5, 5.41) is 14.4. The first-order chi connectivity index (χ1) is 9.68. The van der Waals surface area contributed by atoms with Crippen LogP contribution in [0.25, 0.3) is 11.1 Å². The van der Waals surface area contributed by atoms with Crippen LogP contribution in [0, 0.1) is 0 Å². The molecule has 0 saturated carbocycles. The maximum absolute atomic E-state index is 4.10. The second-order valence-corrected chi connectivity index (χ2v) is 5.30. The number of aromatic amines is 1. The van der Waals surface area contributed by atoms with E-state index in [9.17, 15) is 0 Å². The van der Waals surface area contributed by atoms with E-state index >= 15 is 0 Å². The van der Waals surface area contributed by atoms with E-state index in [0.717, 1.165) is 0 Å². The minimum atomic E-state index is -0.262. The molecule has 0 unspecified atom stereocenters. The first-order valence-electron chi connectivity index (χ1n) is 6.58. The molecule has 1 N–H and O–H groups in total. The highest BCUT2D eigenvalue weighted by molar-refractivity contribution is 5.63. The Kier molecular flexibility index (Phi) is 3.06. The van der Waals surface area contributed by atoms with Crippen LogP contribution in [0.3, 0.4) is 0 Å². The molecular weight excluding hydrogens is 248 g/mol. The van der Waals surface area contributed by atoms with Crippen LogP contribution in [0.5, 0.6) is 0 Å². The van der Waals surface area contributed by atoms with Gasteiger partial charge in [-0.1, -0.05) is 59.8 Å². The zero-order valence-electron chi connectivity index (χ0n) is 11.5. The Hall–Kier alpha value is -2.49. The van der Waals surface area contributed by atoms with Crippen LogP contribution in [0.2, 0.25) is 0 Å². The third-order valence-electron chi connectivity index (χ3n) is 3.62. The molecular formula is C16H16N4. The van der Waals surface area contributed by atoms with E-state index in [-0.39, 0.29) is 5.41 Å². The van der Waals surface area contributed by atoms with Crippen molar-refractivity contribution in [3.63, 3.8) is 0 Å². The summed E-state index contributed by atoms with van der Waals surface area (Å²) in [6.45, 7) is 4.19. The van der Waals surface area contributed by atoms with Crippen LogP contribution in [0.4, 0.5) is 0 Å². The van der Waals surface area contributed by atoms with E-state index in [4.69, 9.17) is 0 Å². The summed E-state index contributed by atoms with van der Waals surface area (Å²) in [5.41, 5.74) is 3.33. The van der Waals surface area contributed by atoms with Crippen molar-refractivity contribution in [1.82, 2.24) is 20.6 Å². The molecule has 1 aromatic heterocycles. The predicted octanol–water partition coefficient (Wildman–Crippen LogP) is 3.19. The molecule has 0 saturated heterocycles. The number of hydrogen-bond acceptors (Lipinski definition) is 3. The highest BCUT2D eigenvalue weighted by atomic mass is 15.5. The monoisotopic (exact) mass is 264 g/mol. The summed E-state index contributed by atoms with van der Waals surface area (Å²) in [7, 11) is 0. The van der Waals surface area contributed by atoms with Gasteiger partial charge in [0, 0.05) is 0 Å². The molecule has 0 aliphatic rings. The van der Waals surface area contributed by atoms with E-state index < -0.39 is 0 Å². The molecule has 0 radical (unpaired) electrons. The van der Waals surface area contributed by atoms with Crippen LogP contribution >= 0.6 is 0 Å². The van der Waals surface area contributed by atoms with Crippen molar-refractivity contribution in [1.29, 1.82) is 0 Å². The van der Waals surface area contributed by atoms with Gasteiger partial charge in [-0.2, -0.15) is 5.21 Å². The predicted molar refractivity (Wildman–Crippen MR) is 78.2 cm³/mol. The van der Waals surface area contributed by atoms with E-state index in [2.05, 4.69) is 70.9 Å². The number of benzene rings is 2. The fourth-order valence-corrected chi connectivity index (χ4v) is 2.27. The second kappa shape index (κ2) is 4.89. The lowest BCUT2D eigenvalue weighted by atomic mass is 9.83. The van der Waals surface area contributed by atoms with Crippen molar-refractivity contribution in [2.75, 3.05) is 0 Å². The number of nitrogens with one attached hydrogen (secondary N) is 1. The molecule has 100 valence electrons. The van der Waals surface area contributed by atoms with Crippen molar-refractivity contribution in [3.05, 3.63) is 66.0 Å². The third kappa shape index (κ3) is 2.20. The summed E-state index contributed by atoms with van der Waals surface area (Å²) in [6, 6.07) is 18.9. The van der Waals surface area contributed by atoms with Gasteiger partial charge in [0.05, 0.1) is 5.41 Å². The van der Waals surface area contributed by atoms with Gasteiger partial charge in [0.2, 0.25) is 0 Å². The SMILES string of the molecule is CC(C)(c1ccc(-c2ccccc2)cc1)c1nn[nH]n1. The van der Waals surface area contributed by atoms with Gasteiger partial charge in [-0.15, -0.1) is 10.2 Å². The molecule has 4 nitrogen and oxygen atoms in total. The lowest BCUT2D eigenvalue weighted by Gasteiger charge is -2.21. The number of aromatic nitrogens is 4. The molecule has 0 fully saturated rings. The fraction of sp³-hybridized carbons (Fsp3) is 0.188. The molecule has 1 heterocycles. The Morgan fingerprint density at radius 1 is 0.850 bits per heavy atom. The molecule has 0 aliphatic heterocycles. The molecule has 3 aromatic rings. The van der Waals surface area contributed by atoms with Gasteiger partial charge >= 0.3 is 0 Å². The lowest BCUT2D eigenvalue weighted by molar-refractivity contribution is 0.591. The summed E-state index contributed by atoms with van der Waals surface area (Å²) in [6.07, 6.45) is 0. The number of nitrogens with zero attached hydrogens (tertiary/aromatic N) is 3. The third-order valence-corrected chi connectivity index (χ3v) is 3.62. The molecule has 3 rings (SSSR count). The number of rotatable bonds is 3. The fourth-order valence-electron chi connectivity index (χ4n) is 2.27. The Morgan fingerprint density at radius 2 is 1.50 bits per heavy atom. The average Bonchev–Trinajstić information content (AvgIpc) is 3.03. The molecule has 0 atom stereocenters. The highest BCUT2D eigenvalue weighted by Crippen LogP contribution is 2.30. The molecule has 4 heteroatoms. The van der Waals surface area contributed by atoms with Gasteiger partial charge in [-0.3, -0.25) is 0 Å². The van der Waals surface area contributed by atoms with E-state index in [1.165, 1.54) is 16.7 Å². The van der Waals surface area contributed by atoms with Gasteiger partial charge in [0.25, 0.3) is 0 Å². The van der Waals surface area contributed by atoms with Crippen molar-refractivity contribution >= 4 is 0 Å². The lowest BCUT2D eigenvalue weighted by Crippen LogP contribution is -2.20. The van der Waals surface area contributed by atoms with Gasteiger partial charge in [0.1, 0.15) is 0 Å². The number of hydrogen-bond donors (Lipinski definition) is 1. The van der Waals surface area contributed by atoms with Gasteiger partial charge in [-0.05, 0) is 30.5 Å². The van der Waals surface area contributed by atoms with Crippen molar-refractivity contribution in [2.45, 2.75) is 19.3 Å². The van der Waals surface area contributed by atoms with E-state index in [0.29, 0.717) is 5.82 Å². The summed E-state index contributed by atoms with van der Waals surface area (Å²) in [4.78, 5) is 0. The Morgan fingerprint density at radius 3 is 2.10 bits per heavy atom. The smallest absolute Gasteiger partial charge is 0.177 e. The normalized spacial score (nSPS) is 11.5. The van der Waals surface area contributed by atoms with Crippen LogP contribution in [-0.4, -0.2) is 20.6 Å². The minimum absolute atomic E-state index is 0.262. The first-order valence-corrected chi connectivity index (χ1v) is 6.58. The van der Waals surface area contributed by atoms with Crippen LogP contribution in [0.15, 0.2) is 54.6 Å². The van der Waals surface area contributed by atoms with Gasteiger partial charge in [0.15, 0.2) is 5.82 Å². The maximum atomic E-state index is 4.10. The summed E-state index contributed by atoms with van der Waals surface area (Å²) in [5.74, 6) is 0.699. The Bertz CT molecular complexity index is 670. The summed E-state index contributed by atoms with van der Waals surface area (Å²) < 4.78 is 0. The molecule has 0 aliphatic carbocycles. The summed E-state index contributed by atoms with van der Waals surface area (Å²) >= 11 is 0. The molecule has 0 amide bonds. The second-order valence-electron chi connectivity index (χ2n) is 5.30. The molecule has 20 heavy (non-hydrogen) atoms. The van der Waals surface area contributed by atoms with Gasteiger partial charge < -0.3 is 0 Å². The Balaban J connectivity index is 1.94. The molecule has 0 spiro atoms. The zero-order chi connectivity index (χ0) is 14.0. The first kappa shape index (κ1) is 12.5. The van der Waals surface area contributed by atoms with Crippen LogP contribution in [0.1, 0.15) is 25.2 Å². The average molecular weight is 264 g/mol. The Labute approximate surface area is 117 Å².